The predicted octanol–water partition coefficient (Wildman–Crippen LogP) is 3.13. The fourth-order valence-electron chi connectivity index (χ4n) is 3.39. The second-order valence-corrected chi connectivity index (χ2v) is 6.08. The quantitative estimate of drug-likeness (QED) is 0.734. The number of ether oxygens (including phenoxy) is 2. The van der Waals surface area contributed by atoms with Gasteiger partial charge in [-0.3, -0.25) is 0 Å². The molecule has 0 aromatic rings. The second kappa shape index (κ2) is 8.93. The third kappa shape index (κ3) is 5.41. The van der Waals surface area contributed by atoms with Crippen molar-refractivity contribution in [1.82, 2.24) is 5.32 Å². The van der Waals surface area contributed by atoms with Crippen LogP contribution in [-0.2, 0) is 9.47 Å². The van der Waals surface area contributed by atoms with Gasteiger partial charge < -0.3 is 14.8 Å². The minimum atomic E-state index is 0.557. The van der Waals surface area contributed by atoms with E-state index in [1.54, 1.807) is 0 Å². The molecule has 0 aliphatic carbocycles. The van der Waals surface area contributed by atoms with E-state index >= 15 is 0 Å². The third-order valence-electron chi connectivity index (χ3n) is 4.56. The molecule has 0 amide bonds. The summed E-state index contributed by atoms with van der Waals surface area (Å²) >= 11 is 0. The van der Waals surface area contributed by atoms with Gasteiger partial charge in [0.05, 0.1) is 6.10 Å². The Balaban J connectivity index is 1.69. The van der Waals surface area contributed by atoms with Crippen LogP contribution in [-0.4, -0.2) is 38.5 Å². The zero-order chi connectivity index (χ0) is 13.3. The van der Waals surface area contributed by atoms with Crippen molar-refractivity contribution in [3.63, 3.8) is 0 Å². The summed E-state index contributed by atoms with van der Waals surface area (Å²) in [7, 11) is 0. The summed E-state index contributed by atoms with van der Waals surface area (Å²) in [5, 5.41) is 3.77. The fraction of sp³-hybridized carbons (Fsp3) is 1.00. The number of rotatable bonds is 8. The molecule has 2 unspecified atom stereocenters. The first-order valence-corrected chi connectivity index (χ1v) is 8.33. The van der Waals surface area contributed by atoms with Crippen molar-refractivity contribution in [1.29, 1.82) is 0 Å². The Bertz CT molecular complexity index is 223. The molecule has 2 atom stereocenters. The van der Waals surface area contributed by atoms with Gasteiger partial charge in [0.1, 0.15) is 0 Å². The van der Waals surface area contributed by atoms with Crippen LogP contribution in [0, 0.1) is 5.92 Å². The lowest BCUT2D eigenvalue weighted by atomic mass is 9.88. The van der Waals surface area contributed by atoms with Crippen LogP contribution in [0.4, 0.5) is 0 Å². The highest BCUT2D eigenvalue weighted by Gasteiger charge is 2.24. The van der Waals surface area contributed by atoms with E-state index in [0.29, 0.717) is 12.1 Å². The van der Waals surface area contributed by atoms with Crippen molar-refractivity contribution in [3.05, 3.63) is 0 Å². The van der Waals surface area contributed by atoms with Gasteiger partial charge >= 0.3 is 0 Å². The summed E-state index contributed by atoms with van der Waals surface area (Å²) in [5.41, 5.74) is 0. The maximum atomic E-state index is 5.72. The molecular weight excluding hydrogens is 238 g/mol. The molecule has 19 heavy (non-hydrogen) atoms. The van der Waals surface area contributed by atoms with E-state index in [0.717, 1.165) is 32.3 Å². The molecule has 2 heterocycles. The maximum absolute atomic E-state index is 5.72. The van der Waals surface area contributed by atoms with Crippen LogP contribution < -0.4 is 5.32 Å². The van der Waals surface area contributed by atoms with Crippen molar-refractivity contribution in [3.8, 4) is 0 Å². The Morgan fingerprint density at radius 1 is 1.16 bits per heavy atom. The van der Waals surface area contributed by atoms with Gasteiger partial charge in [-0.05, 0) is 63.8 Å². The molecule has 3 heteroatoms. The van der Waals surface area contributed by atoms with Crippen molar-refractivity contribution in [2.75, 3.05) is 26.4 Å². The molecule has 3 nitrogen and oxygen atoms in total. The highest BCUT2D eigenvalue weighted by Crippen LogP contribution is 2.24. The van der Waals surface area contributed by atoms with Gasteiger partial charge in [-0.15, -0.1) is 0 Å². The van der Waals surface area contributed by atoms with Crippen LogP contribution in [0.2, 0.25) is 0 Å². The van der Waals surface area contributed by atoms with Crippen LogP contribution >= 0.6 is 0 Å². The lowest BCUT2D eigenvalue weighted by molar-refractivity contribution is 0.0508. The molecule has 112 valence electrons. The lowest BCUT2D eigenvalue weighted by Gasteiger charge is -2.31. The number of hydrogen-bond acceptors (Lipinski definition) is 3. The number of hydrogen-bond donors (Lipinski definition) is 1. The molecule has 2 fully saturated rings. The Kier molecular flexibility index (Phi) is 7.18. The Morgan fingerprint density at radius 3 is 2.68 bits per heavy atom. The normalized spacial score (nSPS) is 26.7. The molecular formula is C16H31NO2. The van der Waals surface area contributed by atoms with Crippen molar-refractivity contribution >= 4 is 0 Å². The fourth-order valence-corrected chi connectivity index (χ4v) is 3.39. The van der Waals surface area contributed by atoms with E-state index in [9.17, 15) is 0 Å². The first-order chi connectivity index (χ1) is 9.40. The molecule has 1 N–H and O–H groups in total. The van der Waals surface area contributed by atoms with E-state index in [2.05, 4.69) is 12.2 Å². The molecule has 0 radical (unpaired) electrons. The van der Waals surface area contributed by atoms with Gasteiger partial charge in [-0.25, -0.2) is 0 Å². The molecule has 2 saturated heterocycles. The average molecular weight is 269 g/mol. The highest BCUT2D eigenvalue weighted by atomic mass is 16.5. The Morgan fingerprint density at radius 2 is 2.00 bits per heavy atom. The minimum absolute atomic E-state index is 0.557. The zero-order valence-electron chi connectivity index (χ0n) is 12.5. The van der Waals surface area contributed by atoms with Gasteiger partial charge in [-0.2, -0.15) is 0 Å². The van der Waals surface area contributed by atoms with Crippen LogP contribution in [0.5, 0.6) is 0 Å². The summed E-state index contributed by atoms with van der Waals surface area (Å²) in [4.78, 5) is 0. The second-order valence-electron chi connectivity index (χ2n) is 6.08. The van der Waals surface area contributed by atoms with E-state index in [4.69, 9.17) is 9.47 Å². The Hall–Kier alpha value is -0.120. The van der Waals surface area contributed by atoms with Gasteiger partial charge in [-0.1, -0.05) is 6.92 Å². The average Bonchev–Trinajstić information content (AvgIpc) is 2.97. The monoisotopic (exact) mass is 269 g/mol. The standard InChI is InChI=1S/C16H31NO2/c1-2-10-17-16(14-8-12-18-13-9-14)7-3-5-15-6-4-11-19-15/h14-17H,2-13H2,1H3. The summed E-state index contributed by atoms with van der Waals surface area (Å²) < 4.78 is 11.2. The molecule has 0 saturated carbocycles. The smallest absolute Gasteiger partial charge is 0.0576 e. The zero-order valence-corrected chi connectivity index (χ0v) is 12.5. The van der Waals surface area contributed by atoms with Crippen molar-refractivity contribution in [2.24, 2.45) is 5.92 Å². The first kappa shape index (κ1) is 15.3. The van der Waals surface area contributed by atoms with Crippen LogP contribution in [0.1, 0.15) is 58.3 Å². The maximum Gasteiger partial charge on any atom is 0.0576 e. The van der Waals surface area contributed by atoms with Crippen LogP contribution in [0.25, 0.3) is 0 Å². The molecule has 2 aliphatic heterocycles. The highest BCUT2D eigenvalue weighted by molar-refractivity contribution is 4.79. The molecule has 2 rings (SSSR count). The van der Waals surface area contributed by atoms with E-state index in [1.165, 1.54) is 51.4 Å². The van der Waals surface area contributed by atoms with Crippen molar-refractivity contribution < 1.29 is 9.47 Å². The number of nitrogens with one attached hydrogen (secondary N) is 1. The Labute approximate surface area is 118 Å². The summed E-state index contributed by atoms with van der Waals surface area (Å²) in [5.74, 6) is 0.824. The predicted molar refractivity (Wildman–Crippen MR) is 78.4 cm³/mol. The van der Waals surface area contributed by atoms with Gasteiger partial charge in [0, 0.05) is 25.9 Å². The molecule has 0 aromatic carbocycles. The van der Waals surface area contributed by atoms with Gasteiger partial charge in [0.15, 0.2) is 0 Å². The van der Waals surface area contributed by atoms with Crippen molar-refractivity contribution in [2.45, 2.75) is 70.4 Å². The molecule has 2 aliphatic rings. The first-order valence-electron chi connectivity index (χ1n) is 8.33. The van der Waals surface area contributed by atoms with E-state index < -0.39 is 0 Å². The van der Waals surface area contributed by atoms with E-state index in [-0.39, 0.29) is 0 Å². The summed E-state index contributed by atoms with van der Waals surface area (Å²) in [6.45, 7) is 6.31. The van der Waals surface area contributed by atoms with Crippen LogP contribution in [0.3, 0.4) is 0 Å². The van der Waals surface area contributed by atoms with Gasteiger partial charge in [0.2, 0.25) is 0 Å². The summed E-state index contributed by atoms with van der Waals surface area (Å²) in [6, 6.07) is 0.699. The lowest BCUT2D eigenvalue weighted by Crippen LogP contribution is -2.39. The molecule has 0 bridgehead atoms. The van der Waals surface area contributed by atoms with Crippen LogP contribution in [0.15, 0.2) is 0 Å². The largest absolute Gasteiger partial charge is 0.381 e. The molecule has 0 spiro atoms. The SMILES string of the molecule is CCCNC(CCCC1CCCO1)C1CCOCC1. The topological polar surface area (TPSA) is 30.5 Å². The minimum Gasteiger partial charge on any atom is -0.381 e. The van der Waals surface area contributed by atoms with E-state index in [1.807, 2.05) is 0 Å². The van der Waals surface area contributed by atoms with Gasteiger partial charge in [0.25, 0.3) is 0 Å². The third-order valence-corrected chi connectivity index (χ3v) is 4.56. The molecule has 0 aromatic heterocycles. The summed E-state index contributed by atoms with van der Waals surface area (Å²) in [6.07, 6.45) is 10.7.